The van der Waals surface area contributed by atoms with Crippen LogP contribution in [-0.4, -0.2) is 26.1 Å². The first kappa shape index (κ1) is 11.3. The summed E-state index contributed by atoms with van der Waals surface area (Å²) in [5.41, 5.74) is 1.63. The van der Waals surface area contributed by atoms with Crippen LogP contribution in [0.25, 0.3) is 0 Å². The minimum Gasteiger partial charge on any atom is -0.289 e. The molecule has 17 heavy (non-hydrogen) atoms. The van der Waals surface area contributed by atoms with E-state index in [4.69, 9.17) is 0 Å². The first-order chi connectivity index (χ1) is 8.20. The average molecular weight is 231 g/mol. The molecule has 0 aliphatic carbocycles. The van der Waals surface area contributed by atoms with E-state index in [-0.39, 0.29) is 5.91 Å². The van der Waals surface area contributed by atoms with Crippen LogP contribution in [0.15, 0.2) is 24.3 Å². The molecule has 0 aliphatic rings. The zero-order valence-corrected chi connectivity index (χ0v) is 9.71. The molecule has 1 N–H and O–H groups in total. The molecule has 0 radical (unpaired) electrons. The lowest BCUT2D eigenvalue weighted by molar-refractivity contribution is 0.102. The predicted molar refractivity (Wildman–Crippen MR) is 62.6 cm³/mol. The molecule has 0 bridgehead atoms. The molecule has 2 rings (SSSR count). The molecule has 0 fully saturated rings. The van der Waals surface area contributed by atoms with Gasteiger partial charge in [-0.2, -0.15) is 0 Å². The molecule has 6 heteroatoms. The topological polar surface area (TPSA) is 72.7 Å². The Morgan fingerprint density at radius 1 is 1.47 bits per heavy atom. The van der Waals surface area contributed by atoms with Crippen LogP contribution in [0.2, 0.25) is 0 Å². The fourth-order valence-corrected chi connectivity index (χ4v) is 1.47. The number of benzene rings is 1. The number of anilines is 1. The smallest absolute Gasteiger partial charge is 0.258 e. The normalized spacial score (nSPS) is 10.2. The summed E-state index contributed by atoms with van der Waals surface area (Å²) in [6.45, 7) is 4.45. The van der Waals surface area contributed by atoms with Gasteiger partial charge in [0.2, 0.25) is 5.95 Å². The van der Waals surface area contributed by atoms with Crippen molar-refractivity contribution in [2.45, 2.75) is 20.4 Å². The third-order valence-electron chi connectivity index (χ3n) is 2.34. The van der Waals surface area contributed by atoms with Crippen molar-refractivity contribution in [2.24, 2.45) is 0 Å². The summed E-state index contributed by atoms with van der Waals surface area (Å²) in [5, 5.41) is 13.7. The van der Waals surface area contributed by atoms with E-state index in [2.05, 4.69) is 20.8 Å². The van der Waals surface area contributed by atoms with E-state index in [1.165, 1.54) is 4.68 Å². The summed E-state index contributed by atoms with van der Waals surface area (Å²) >= 11 is 0. The predicted octanol–water partition coefficient (Wildman–Crippen LogP) is 1.25. The summed E-state index contributed by atoms with van der Waals surface area (Å²) < 4.78 is 1.52. The van der Waals surface area contributed by atoms with Gasteiger partial charge in [0.15, 0.2) is 0 Å². The molecular weight excluding hydrogens is 218 g/mol. The number of nitrogens with one attached hydrogen (secondary N) is 1. The number of rotatable bonds is 3. The Bertz CT molecular complexity index is 534. The second-order valence-corrected chi connectivity index (χ2v) is 3.64. The Morgan fingerprint density at radius 2 is 2.29 bits per heavy atom. The largest absolute Gasteiger partial charge is 0.289 e. The Labute approximate surface area is 98.6 Å². The second-order valence-electron chi connectivity index (χ2n) is 3.64. The first-order valence-corrected chi connectivity index (χ1v) is 5.35. The number of amides is 1. The van der Waals surface area contributed by atoms with Crippen LogP contribution in [0, 0.1) is 6.92 Å². The Kier molecular flexibility index (Phi) is 3.13. The van der Waals surface area contributed by atoms with E-state index in [1.807, 2.05) is 32.0 Å². The van der Waals surface area contributed by atoms with Crippen LogP contribution in [0.5, 0.6) is 0 Å². The van der Waals surface area contributed by atoms with Gasteiger partial charge in [-0.1, -0.05) is 22.8 Å². The maximum absolute atomic E-state index is 11.9. The van der Waals surface area contributed by atoms with Crippen LogP contribution < -0.4 is 5.32 Å². The Hall–Kier alpha value is -2.24. The lowest BCUT2D eigenvalue weighted by atomic mass is 10.1. The molecule has 0 unspecified atom stereocenters. The SMILES string of the molecule is CCn1nnnc1NC(=O)c1cccc(C)c1. The fourth-order valence-electron chi connectivity index (χ4n) is 1.47. The molecular formula is C11H13N5O. The minimum absolute atomic E-state index is 0.210. The van der Waals surface area contributed by atoms with E-state index in [0.29, 0.717) is 18.1 Å². The van der Waals surface area contributed by atoms with Crippen LogP contribution in [0.1, 0.15) is 22.8 Å². The zero-order valence-electron chi connectivity index (χ0n) is 9.71. The second kappa shape index (κ2) is 4.73. The molecule has 6 nitrogen and oxygen atoms in total. The van der Waals surface area contributed by atoms with Crippen LogP contribution in [0.4, 0.5) is 5.95 Å². The quantitative estimate of drug-likeness (QED) is 0.862. The van der Waals surface area contributed by atoms with E-state index in [9.17, 15) is 4.79 Å². The zero-order chi connectivity index (χ0) is 12.3. The van der Waals surface area contributed by atoms with Gasteiger partial charge in [-0.25, -0.2) is 4.68 Å². The molecule has 0 saturated carbocycles. The van der Waals surface area contributed by atoms with Crippen molar-refractivity contribution in [1.29, 1.82) is 0 Å². The van der Waals surface area contributed by atoms with Crippen molar-refractivity contribution in [2.75, 3.05) is 5.32 Å². The molecule has 88 valence electrons. The van der Waals surface area contributed by atoms with Gasteiger partial charge < -0.3 is 0 Å². The Balaban J connectivity index is 2.17. The fraction of sp³-hybridized carbons (Fsp3) is 0.273. The molecule has 1 aromatic heterocycles. The number of tetrazole rings is 1. The monoisotopic (exact) mass is 231 g/mol. The molecule has 1 amide bonds. The van der Waals surface area contributed by atoms with Gasteiger partial charge >= 0.3 is 0 Å². The lowest BCUT2D eigenvalue weighted by Gasteiger charge is -2.04. The van der Waals surface area contributed by atoms with Crippen molar-refractivity contribution in [3.05, 3.63) is 35.4 Å². The summed E-state index contributed by atoms with van der Waals surface area (Å²) in [6, 6.07) is 7.34. The van der Waals surface area contributed by atoms with Crippen molar-refractivity contribution in [1.82, 2.24) is 20.2 Å². The molecule has 2 aromatic rings. The van der Waals surface area contributed by atoms with Crippen molar-refractivity contribution < 1.29 is 4.79 Å². The number of hydrogen-bond donors (Lipinski definition) is 1. The average Bonchev–Trinajstić information content (AvgIpc) is 2.76. The van der Waals surface area contributed by atoms with Gasteiger partial charge in [-0.15, -0.1) is 0 Å². The highest BCUT2D eigenvalue weighted by Gasteiger charge is 2.10. The number of aryl methyl sites for hydroxylation is 2. The highest BCUT2D eigenvalue weighted by Crippen LogP contribution is 2.07. The summed E-state index contributed by atoms with van der Waals surface area (Å²) in [4.78, 5) is 11.9. The number of aromatic nitrogens is 4. The summed E-state index contributed by atoms with van der Waals surface area (Å²) in [5.74, 6) is 0.150. The summed E-state index contributed by atoms with van der Waals surface area (Å²) in [6.07, 6.45) is 0. The maximum atomic E-state index is 11.9. The highest BCUT2D eigenvalue weighted by atomic mass is 16.1. The minimum atomic E-state index is -0.210. The van der Waals surface area contributed by atoms with E-state index < -0.39 is 0 Å². The number of nitrogens with zero attached hydrogens (tertiary/aromatic N) is 4. The third-order valence-corrected chi connectivity index (χ3v) is 2.34. The molecule has 1 heterocycles. The van der Waals surface area contributed by atoms with Crippen molar-refractivity contribution in [3.63, 3.8) is 0 Å². The van der Waals surface area contributed by atoms with Crippen molar-refractivity contribution in [3.8, 4) is 0 Å². The van der Waals surface area contributed by atoms with Crippen LogP contribution in [0.3, 0.4) is 0 Å². The van der Waals surface area contributed by atoms with Crippen LogP contribution >= 0.6 is 0 Å². The first-order valence-electron chi connectivity index (χ1n) is 5.35. The van der Waals surface area contributed by atoms with E-state index in [1.54, 1.807) is 6.07 Å². The Morgan fingerprint density at radius 3 is 3.00 bits per heavy atom. The van der Waals surface area contributed by atoms with Crippen molar-refractivity contribution >= 4 is 11.9 Å². The summed E-state index contributed by atoms with van der Waals surface area (Å²) in [7, 11) is 0. The molecule has 1 aromatic carbocycles. The van der Waals surface area contributed by atoms with Gasteiger partial charge in [0.1, 0.15) is 0 Å². The van der Waals surface area contributed by atoms with E-state index in [0.717, 1.165) is 5.56 Å². The number of carbonyl (C=O) groups is 1. The molecule has 0 saturated heterocycles. The van der Waals surface area contributed by atoms with Gasteiger partial charge in [-0.05, 0) is 36.4 Å². The van der Waals surface area contributed by atoms with Gasteiger partial charge in [-0.3, -0.25) is 10.1 Å². The van der Waals surface area contributed by atoms with Gasteiger partial charge in [0, 0.05) is 12.1 Å². The molecule has 0 aliphatic heterocycles. The highest BCUT2D eigenvalue weighted by molar-refractivity contribution is 6.03. The van der Waals surface area contributed by atoms with Gasteiger partial charge in [0.05, 0.1) is 0 Å². The molecule has 0 atom stereocenters. The standard InChI is InChI=1S/C11H13N5O/c1-3-16-11(13-14-15-16)12-10(17)9-6-4-5-8(2)7-9/h4-7H,3H2,1-2H3,(H,12,13,15,17). The van der Waals surface area contributed by atoms with Gasteiger partial charge in [0.25, 0.3) is 5.91 Å². The van der Waals surface area contributed by atoms with E-state index >= 15 is 0 Å². The maximum Gasteiger partial charge on any atom is 0.258 e. The van der Waals surface area contributed by atoms with Crippen LogP contribution in [-0.2, 0) is 6.54 Å². The lowest BCUT2D eigenvalue weighted by Crippen LogP contribution is -2.16. The molecule has 0 spiro atoms. The number of hydrogen-bond acceptors (Lipinski definition) is 4. The number of carbonyl (C=O) groups excluding carboxylic acids is 1. The third kappa shape index (κ3) is 2.47.